The number of rotatable bonds is 5. The molecule has 3 heterocycles. The molecular weight excluding hydrogens is 374 g/mol. The Hall–Kier alpha value is -3.28. The number of ether oxygens (including phenoxy) is 4. The fourth-order valence-electron chi connectivity index (χ4n) is 3.14. The molecule has 1 aliphatic heterocycles. The second-order valence-corrected chi connectivity index (χ2v) is 6.22. The summed E-state index contributed by atoms with van der Waals surface area (Å²) in [5.74, 6) is -1.72. The highest BCUT2D eigenvalue weighted by Gasteiger charge is 2.58. The number of carbonyl (C=O) groups excluding carboxylic acids is 3. The molecule has 0 spiro atoms. The maximum absolute atomic E-state index is 11.9. The molecule has 1 aliphatic rings. The van der Waals surface area contributed by atoms with Crippen molar-refractivity contribution >= 4 is 34.8 Å². The third kappa shape index (κ3) is 3.45. The molecule has 1 saturated heterocycles. The summed E-state index contributed by atoms with van der Waals surface area (Å²) in [6.07, 6.45) is -0.789. The number of carbonyl (C=O) groups is 3. The summed E-state index contributed by atoms with van der Waals surface area (Å²) in [6.45, 7) is 3.23. The molecule has 0 saturated carbocycles. The molecule has 3 rings (SSSR count). The molecule has 0 aromatic carbocycles. The maximum Gasteiger partial charge on any atom is 0.303 e. The van der Waals surface area contributed by atoms with E-state index in [-0.39, 0.29) is 35.8 Å². The lowest BCUT2D eigenvalue weighted by atomic mass is 9.91. The van der Waals surface area contributed by atoms with Gasteiger partial charge in [-0.3, -0.25) is 19.5 Å². The van der Waals surface area contributed by atoms with Crippen molar-refractivity contribution in [3.63, 3.8) is 0 Å². The van der Waals surface area contributed by atoms with Crippen LogP contribution in [0.15, 0.2) is 6.33 Å². The molecule has 3 N–H and O–H groups in total. The fourth-order valence-corrected chi connectivity index (χ4v) is 3.14. The van der Waals surface area contributed by atoms with Gasteiger partial charge in [0.05, 0.1) is 6.61 Å². The lowest BCUT2D eigenvalue weighted by molar-refractivity contribution is -0.182. The normalized spacial score (nSPS) is 24.1. The number of aromatic amines is 1. The first-order valence-electron chi connectivity index (χ1n) is 8.31. The zero-order valence-electron chi connectivity index (χ0n) is 15.4. The summed E-state index contributed by atoms with van der Waals surface area (Å²) in [5.41, 5.74) is 4.99. The summed E-state index contributed by atoms with van der Waals surface area (Å²) in [4.78, 5) is 42.9. The van der Waals surface area contributed by atoms with Gasteiger partial charge in [-0.1, -0.05) is 0 Å². The Morgan fingerprint density at radius 3 is 2.61 bits per heavy atom. The van der Waals surface area contributed by atoms with Crippen molar-refractivity contribution in [2.24, 2.45) is 0 Å². The zero-order chi connectivity index (χ0) is 20.5. The number of nitrogens with zero attached hydrogens (tertiary/aromatic N) is 3. The third-order valence-electron chi connectivity index (χ3n) is 4.17. The Morgan fingerprint density at radius 1 is 1.21 bits per heavy atom. The van der Waals surface area contributed by atoms with Crippen LogP contribution in [0.2, 0.25) is 0 Å². The number of H-pyrrole nitrogens is 1. The van der Waals surface area contributed by atoms with Gasteiger partial charge in [0.15, 0.2) is 17.4 Å². The molecule has 1 fully saturated rings. The number of hydrogen-bond donors (Lipinski definition) is 2. The number of nitrogens with two attached hydrogens (primary N) is 1. The molecule has 3 atom stereocenters. The summed E-state index contributed by atoms with van der Waals surface area (Å²) < 4.78 is 21.7. The molecule has 2 aromatic rings. The predicted molar refractivity (Wildman–Crippen MR) is 91.5 cm³/mol. The molecule has 0 unspecified atom stereocenters. The van der Waals surface area contributed by atoms with Crippen molar-refractivity contribution in [2.75, 3.05) is 18.9 Å². The van der Waals surface area contributed by atoms with E-state index in [2.05, 4.69) is 20.2 Å². The minimum Gasteiger partial charge on any atom is -0.463 e. The molecular formula is C16H19N5O7. The first-order valence-corrected chi connectivity index (χ1v) is 8.31. The minimum absolute atomic E-state index is 0.116. The molecule has 150 valence electrons. The van der Waals surface area contributed by atoms with Gasteiger partial charge in [0.2, 0.25) is 5.60 Å². The Kier molecular flexibility index (Phi) is 5.14. The van der Waals surface area contributed by atoms with E-state index >= 15 is 0 Å². The summed E-state index contributed by atoms with van der Waals surface area (Å²) in [5, 5.41) is 6.82. The summed E-state index contributed by atoms with van der Waals surface area (Å²) >= 11 is 0. The van der Waals surface area contributed by atoms with Gasteiger partial charge in [0.1, 0.15) is 30.2 Å². The van der Waals surface area contributed by atoms with Gasteiger partial charge in [-0.15, -0.1) is 0 Å². The maximum atomic E-state index is 11.9. The molecule has 28 heavy (non-hydrogen) atoms. The summed E-state index contributed by atoms with van der Waals surface area (Å²) in [7, 11) is 0. The summed E-state index contributed by atoms with van der Waals surface area (Å²) in [6, 6.07) is 0. The number of aromatic nitrogens is 4. The minimum atomic E-state index is -1.60. The van der Waals surface area contributed by atoms with E-state index in [1.54, 1.807) is 0 Å². The van der Waals surface area contributed by atoms with Crippen LogP contribution in [0, 0.1) is 0 Å². The molecule has 0 bridgehead atoms. The van der Waals surface area contributed by atoms with Crippen LogP contribution in [0.25, 0.3) is 11.0 Å². The molecule has 12 heteroatoms. The highest BCUT2D eigenvalue weighted by molar-refractivity contribution is 5.86. The number of nitrogen functional groups attached to an aromatic ring is 1. The van der Waals surface area contributed by atoms with Crippen molar-refractivity contribution in [1.82, 2.24) is 20.2 Å². The predicted octanol–water partition coefficient (Wildman–Crippen LogP) is -0.413. The van der Waals surface area contributed by atoms with E-state index < -0.39 is 35.7 Å². The van der Waals surface area contributed by atoms with Gasteiger partial charge < -0.3 is 24.7 Å². The van der Waals surface area contributed by atoms with Crippen LogP contribution >= 0.6 is 0 Å². The van der Waals surface area contributed by atoms with Crippen LogP contribution in [0.3, 0.4) is 0 Å². The number of fused-ring (bicyclic) bond motifs is 1. The van der Waals surface area contributed by atoms with Crippen LogP contribution in [0.4, 0.5) is 5.82 Å². The fraction of sp³-hybridized carbons (Fsp3) is 0.500. The van der Waals surface area contributed by atoms with Gasteiger partial charge in [0.25, 0.3) is 0 Å². The van der Waals surface area contributed by atoms with E-state index in [1.165, 1.54) is 27.1 Å². The van der Waals surface area contributed by atoms with Crippen molar-refractivity contribution < 1.29 is 33.3 Å². The largest absolute Gasteiger partial charge is 0.463 e. The monoisotopic (exact) mass is 393 g/mol. The van der Waals surface area contributed by atoms with Gasteiger partial charge in [-0.2, -0.15) is 5.10 Å². The van der Waals surface area contributed by atoms with E-state index in [0.29, 0.717) is 0 Å². The second-order valence-electron chi connectivity index (χ2n) is 6.22. The Balaban J connectivity index is 2.12. The van der Waals surface area contributed by atoms with Crippen molar-refractivity contribution in [1.29, 1.82) is 0 Å². The first kappa shape index (κ1) is 19.5. The SMILES string of the molecule is CC(=O)OC[C@H]1OC[C@@](OC(C)=O)(c2[nH]nc3c(N)ncnc23)[C@@H]1OC(C)=O. The van der Waals surface area contributed by atoms with E-state index in [1.807, 2.05) is 0 Å². The van der Waals surface area contributed by atoms with Crippen LogP contribution in [0.5, 0.6) is 0 Å². The van der Waals surface area contributed by atoms with Gasteiger partial charge in [0, 0.05) is 20.8 Å². The third-order valence-corrected chi connectivity index (χ3v) is 4.17. The van der Waals surface area contributed by atoms with Gasteiger partial charge >= 0.3 is 17.9 Å². The van der Waals surface area contributed by atoms with Crippen LogP contribution in [-0.4, -0.2) is 63.5 Å². The Bertz CT molecular complexity index is 929. The lowest BCUT2D eigenvalue weighted by Crippen LogP contribution is -2.48. The quantitative estimate of drug-likeness (QED) is 0.500. The smallest absolute Gasteiger partial charge is 0.303 e. The highest BCUT2D eigenvalue weighted by Crippen LogP contribution is 2.42. The topological polar surface area (TPSA) is 169 Å². The molecule has 12 nitrogen and oxygen atoms in total. The number of hydrogen-bond acceptors (Lipinski definition) is 11. The zero-order valence-corrected chi connectivity index (χ0v) is 15.4. The Morgan fingerprint density at radius 2 is 1.96 bits per heavy atom. The van der Waals surface area contributed by atoms with Crippen molar-refractivity contribution in [3.8, 4) is 0 Å². The molecule has 0 radical (unpaired) electrons. The van der Waals surface area contributed by atoms with Crippen LogP contribution in [0.1, 0.15) is 26.5 Å². The second kappa shape index (κ2) is 7.38. The number of nitrogens with one attached hydrogen (secondary N) is 1. The molecule has 0 aliphatic carbocycles. The van der Waals surface area contributed by atoms with E-state index in [9.17, 15) is 14.4 Å². The number of esters is 3. The molecule has 2 aromatic heterocycles. The standard InChI is InChI=1S/C16H19N5O7/c1-7(22)25-4-10-14(27-8(2)23)16(5-26-10,28-9(3)24)13-11-12(20-21-13)15(17)19-6-18-11/h6,10,14H,4-5H2,1-3H3,(H,20,21)(H2,17,18,19)/t10-,14-,16-/m1/s1. The molecule has 0 amide bonds. The lowest BCUT2D eigenvalue weighted by Gasteiger charge is -2.32. The van der Waals surface area contributed by atoms with Gasteiger partial charge in [-0.05, 0) is 0 Å². The van der Waals surface area contributed by atoms with Crippen molar-refractivity contribution in [2.45, 2.75) is 38.6 Å². The van der Waals surface area contributed by atoms with Crippen LogP contribution in [-0.2, 0) is 38.9 Å². The number of anilines is 1. The average Bonchev–Trinajstić information content (AvgIpc) is 3.16. The van der Waals surface area contributed by atoms with Crippen molar-refractivity contribution in [3.05, 3.63) is 12.0 Å². The Labute approximate surface area is 158 Å². The van der Waals surface area contributed by atoms with Gasteiger partial charge in [-0.25, -0.2) is 9.97 Å². The first-order chi connectivity index (χ1) is 13.2. The van der Waals surface area contributed by atoms with Crippen LogP contribution < -0.4 is 5.73 Å². The highest BCUT2D eigenvalue weighted by atomic mass is 16.7. The average molecular weight is 393 g/mol. The van der Waals surface area contributed by atoms with E-state index in [0.717, 1.165) is 0 Å². The van der Waals surface area contributed by atoms with E-state index in [4.69, 9.17) is 24.7 Å².